The van der Waals surface area contributed by atoms with Crippen LogP contribution in [0.3, 0.4) is 0 Å². The molecule has 0 atom stereocenters. The van der Waals surface area contributed by atoms with E-state index in [2.05, 4.69) is 10.6 Å². The predicted octanol–water partition coefficient (Wildman–Crippen LogP) is 3.34. The third-order valence-corrected chi connectivity index (χ3v) is 3.76. The van der Waals surface area contributed by atoms with Gasteiger partial charge in [-0.05, 0) is 30.5 Å². The predicted molar refractivity (Wildman–Crippen MR) is 92.1 cm³/mol. The molecule has 2 N–H and O–H groups in total. The number of rotatable bonds is 6. The number of nitrogens with one attached hydrogen (secondary N) is 2. The van der Waals surface area contributed by atoms with Crippen LogP contribution in [-0.2, 0) is 22.6 Å². The summed E-state index contributed by atoms with van der Waals surface area (Å²) in [6, 6.07) is 12.0. The molecule has 0 saturated carbocycles. The first-order valence-corrected chi connectivity index (χ1v) is 7.89. The molecule has 0 bridgehead atoms. The van der Waals surface area contributed by atoms with Crippen LogP contribution in [0.15, 0.2) is 42.5 Å². The van der Waals surface area contributed by atoms with Gasteiger partial charge in [0.15, 0.2) is 0 Å². The van der Waals surface area contributed by atoms with Crippen LogP contribution in [0.4, 0.5) is 10.1 Å². The average Bonchev–Trinajstić information content (AvgIpc) is 2.56. The van der Waals surface area contributed by atoms with Crippen molar-refractivity contribution >= 4 is 17.5 Å². The van der Waals surface area contributed by atoms with Crippen LogP contribution in [0.2, 0.25) is 0 Å². The zero-order chi connectivity index (χ0) is 17.5. The van der Waals surface area contributed by atoms with E-state index in [0.717, 1.165) is 23.2 Å². The zero-order valence-electron chi connectivity index (χ0n) is 13.9. The van der Waals surface area contributed by atoms with Crippen LogP contribution in [0.5, 0.6) is 0 Å². The maximum Gasteiger partial charge on any atom is 0.233 e. The summed E-state index contributed by atoms with van der Waals surface area (Å²) in [7, 11) is 0. The first-order chi connectivity index (χ1) is 11.5. The Labute approximate surface area is 141 Å². The topological polar surface area (TPSA) is 58.2 Å². The maximum atomic E-state index is 13.5. The van der Waals surface area contributed by atoms with Gasteiger partial charge in [-0.3, -0.25) is 9.59 Å². The largest absolute Gasteiger partial charge is 0.351 e. The van der Waals surface area contributed by atoms with Gasteiger partial charge in [-0.2, -0.15) is 0 Å². The number of anilines is 1. The number of benzene rings is 2. The van der Waals surface area contributed by atoms with Crippen LogP contribution in [0.25, 0.3) is 0 Å². The molecule has 2 aromatic rings. The Morgan fingerprint density at radius 1 is 1.00 bits per heavy atom. The van der Waals surface area contributed by atoms with Crippen LogP contribution in [-0.4, -0.2) is 11.8 Å². The lowest BCUT2D eigenvalue weighted by atomic mass is 10.1. The van der Waals surface area contributed by atoms with Crippen molar-refractivity contribution in [3.63, 3.8) is 0 Å². The minimum atomic E-state index is -0.442. The van der Waals surface area contributed by atoms with Crippen molar-refractivity contribution in [1.29, 1.82) is 0 Å². The molecule has 0 saturated heterocycles. The zero-order valence-corrected chi connectivity index (χ0v) is 13.9. The molecule has 0 aliphatic heterocycles. The van der Waals surface area contributed by atoms with Crippen molar-refractivity contribution in [3.05, 3.63) is 65.0 Å². The van der Waals surface area contributed by atoms with E-state index in [1.54, 1.807) is 18.2 Å². The van der Waals surface area contributed by atoms with E-state index < -0.39 is 5.91 Å². The molecule has 2 rings (SSSR count). The molecule has 0 unspecified atom stereocenters. The second kappa shape index (κ2) is 8.24. The summed E-state index contributed by atoms with van der Waals surface area (Å²) in [6.45, 7) is 3.97. The highest BCUT2D eigenvalue weighted by Gasteiger charge is 2.13. The van der Waals surface area contributed by atoms with Gasteiger partial charge in [0, 0.05) is 17.8 Å². The van der Waals surface area contributed by atoms with Crippen LogP contribution < -0.4 is 10.6 Å². The van der Waals surface area contributed by atoms with Crippen LogP contribution in [0, 0.1) is 12.7 Å². The molecular weight excluding hydrogens is 307 g/mol. The third-order valence-electron chi connectivity index (χ3n) is 3.76. The summed E-state index contributed by atoms with van der Waals surface area (Å²) >= 11 is 0. The molecule has 0 aromatic heterocycles. The minimum Gasteiger partial charge on any atom is -0.351 e. The third kappa shape index (κ3) is 4.65. The molecule has 0 fully saturated rings. The van der Waals surface area contributed by atoms with Crippen LogP contribution in [0.1, 0.15) is 30.0 Å². The highest BCUT2D eigenvalue weighted by Crippen LogP contribution is 2.21. The standard InChI is InChI=1S/C19H21FN2O2/c1-3-14-9-6-7-13(2)19(14)22-18(24)11-17(23)21-12-15-8-4-5-10-16(15)20/h4-10H,3,11-12H2,1-2H3,(H,21,23)(H,22,24). The highest BCUT2D eigenvalue weighted by atomic mass is 19.1. The molecule has 2 amide bonds. The van der Waals surface area contributed by atoms with E-state index in [1.165, 1.54) is 6.07 Å². The van der Waals surface area contributed by atoms with Crippen molar-refractivity contribution in [2.24, 2.45) is 0 Å². The van der Waals surface area contributed by atoms with E-state index in [1.807, 2.05) is 32.0 Å². The molecule has 126 valence electrons. The maximum absolute atomic E-state index is 13.5. The molecule has 24 heavy (non-hydrogen) atoms. The number of amides is 2. The first kappa shape index (κ1) is 17.7. The second-order valence-corrected chi connectivity index (χ2v) is 5.56. The lowest BCUT2D eigenvalue weighted by molar-refractivity contribution is -0.126. The molecule has 5 heteroatoms. The van der Waals surface area contributed by atoms with Gasteiger partial charge in [0.2, 0.25) is 11.8 Å². The van der Waals surface area contributed by atoms with Crippen molar-refractivity contribution in [2.45, 2.75) is 33.2 Å². The van der Waals surface area contributed by atoms with Gasteiger partial charge in [-0.25, -0.2) is 4.39 Å². The SMILES string of the molecule is CCc1cccc(C)c1NC(=O)CC(=O)NCc1ccccc1F. The number of hydrogen-bond donors (Lipinski definition) is 2. The summed E-state index contributed by atoms with van der Waals surface area (Å²) in [5.74, 6) is -1.21. The van der Waals surface area contributed by atoms with Gasteiger partial charge < -0.3 is 10.6 Å². The highest BCUT2D eigenvalue weighted by molar-refractivity contribution is 6.04. The smallest absolute Gasteiger partial charge is 0.233 e. The summed E-state index contributed by atoms with van der Waals surface area (Å²) in [6.07, 6.45) is 0.489. The van der Waals surface area contributed by atoms with Gasteiger partial charge in [-0.15, -0.1) is 0 Å². The van der Waals surface area contributed by atoms with Crippen LogP contribution >= 0.6 is 0 Å². The number of carbonyl (C=O) groups is 2. The fourth-order valence-electron chi connectivity index (χ4n) is 2.43. The molecule has 0 heterocycles. The van der Waals surface area contributed by atoms with Gasteiger partial charge in [0.05, 0.1) is 0 Å². The molecule has 2 aromatic carbocycles. The Hall–Kier alpha value is -2.69. The van der Waals surface area contributed by atoms with E-state index in [9.17, 15) is 14.0 Å². The molecule has 0 aliphatic rings. The lowest BCUT2D eigenvalue weighted by Crippen LogP contribution is -2.28. The van der Waals surface area contributed by atoms with Crippen molar-refractivity contribution in [3.8, 4) is 0 Å². The van der Waals surface area contributed by atoms with Gasteiger partial charge in [0.25, 0.3) is 0 Å². The first-order valence-electron chi connectivity index (χ1n) is 7.89. The van der Waals surface area contributed by atoms with Gasteiger partial charge in [-0.1, -0.05) is 43.3 Å². The Bertz CT molecular complexity index is 744. The number of carbonyl (C=O) groups excluding carboxylic acids is 2. The fourth-order valence-corrected chi connectivity index (χ4v) is 2.43. The normalized spacial score (nSPS) is 10.3. The molecule has 0 radical (unpaired) electrons. The van der Waals surface area contributed by atoms with E-state index in [0.29, 0.717) is 5.56 Å². The lowest BCUT2D eigenvalue weighted by Gasteiger charge is -2.13. The van der Waals surface area contributed by atoms with E-state index in [-0.39, 0.29) is 24.7 Å². The Morgan fingerprint density at radius 2 is 1.71 bits per heavy atom. The summed E-state index contributed by atoms with van der Waals surface area (Å²) in [5, 5.41) is 5.36. The molecule has 4 nitrogen and oxygen atoms in total. The average molecular weight is 328 g/mol. The number of aryl methyl sites for hydroxylation is 2. The molecule has 0 spiro atoms. The van der Waals surface area contributed by atoms with Crippen molar-refractivity contribution in [2.75, 3.05) is 5.32 Å². The Balaban J connectivity index is 1.91. The van der Waals surface area contributed by atoms with Crippen molar-refractivity contribution in [1.82, 2.24) is 5.32 Å². The fraction of sp³-hybridized carbons (Fsp3) is 0.263. The van der Waals surface area contributed by atoms with Crippen molar-refractivity contribution < 1.29 is 14.0 Å². The number of hydrogen-bond acceptors (Lipinski definition) is 2. The van der Waals surface area contributed by atoms with E-state index in [4.69, 9.17) is 0 Å². The minimum absolute atomic E-state index is 0.0589. The number of para-hydroxylation sites is 1. The monoisotopic (exact) mass is 328 g/mol. The summed E-state index contributed by atoms with van der Waals surface area (Å²) in [5.41, 5.74) is 3.12. The molecular formula is C19H21FN2O2. The summed E-state index contributed by atoms with van der Waals surface area (Å²) < 4.78 is 13.5. The Kier molecular flexibility index (Phi) is 6.07. The quantitative estimate of drug-likeness (QED) is 0.799. The Morgan fingerprint density at radius 3 is 2.42 bits per heavy atom. The summed E-state index contributed by atoms with van der Waals surface area (Å²) in [4.78, 5) is 23.9. The second-order valence-electron chi connectivity index (χ2n) is 5.56. The van der Waals surface area contributed by atoms with Gasteiger partial charge >= 0.3 is 0 Å². The van der Waals surface area contributed by atoms with Gasteiger partial charge in [0.1, 0.15) is 12.2 Å². The van der Waals surface area contributed by atoms with E-state index >= 15 is 0 Å². The molecule has 0 aliphatic carbocycles. The number of halogens is 1.